The molecule has 0 aromatic rings. The van der Waals surface area contributed by atoms with Crippen LogP contribution in [0.4, 0.5) is 12.7 Å². The van der Waals surface area contributed by atoms with Gasteiger partial charge in [-0.3, -0.25) is 0 Å². The van der Waals surface area contributed by atoms with Gasteiger partial charge in [-0.05, 0) is 0 Å². The van der Waals surface area contributed by atoms with Crippen molar-refractivity contribution in [2.24, 2.45) is 5.92 Å². The molecule has 7 heteroatoms. The molecular formula is C6H9F3O3S. The van der Waals surface area contributed by atoms with Crippen LogP contribution >= 0.6 is 0 Å². The summed E-state index contributed by atoms with van der Waals surface area (Å²) in [6.45, 7) is -0.522. The molecule has 1 aliphatic rings. The van der Waals surface area contributed by atoms with E-state index in [2.05, 4.69) is 4.74 Å². The van der Waals surface area contributed by atoms with Crippen LogP contribution in [-0.4, -0.2) is 33.3 Å². The first-order chi connectivity index (χ1) is 5.81. The fraction of sp³-hybridized carbons (Fsp3) is 1.00. The van der Waals surface area contributed by atoms with Crippen LogP contribution in [0.3, 0.4) is 0 Å². The highest BCUT2D eigenvalue weighted by molar-refractivity contribution is 7.86. The van der Waals surface area contributed by atoms with E-state index in [4.69, 9.17) is 0 Å². The maximum atomic E-state index is 12.9. The molecule has 13 heavy (non-hydrogen) atoms. The standard InChI is InChI=1S/C6H9F3O3S/c7-6(8)1-2-12-3-5(6)4-13(9,10)11/h5H,1-4H2. The maximum absolute atomic E-state index is 12.9. The van der Waals surface area contributed by atoms with Crippen LogP contribution in [0.25, 0.3) is 0 Å². The molecule has 1 saturated heterocycles. The molecule has 1 atom stereocenters. The second kappa shape index (κ2) is 3.45. The van der Waals surface area contributed by atoms with Gasteiger partial charge in [0.05, 0.1) is 24.9 Å². The summed E-state index contributed by atoms with van der Waals surface area (Å²) < 4.78 is 62.8. The summed E-state index contributed by atoms with van der Waals surface area (Å²) in [6, 6.07) is 0. The third kappa shape index (κ3) is 3.15. The Morgan fingerprint density at radius 3 is 2.54 bits per heavy atom. The van der Waals surface area contributed by atoms with Crippen LogP contribution in [0.2, 0.25) is 0 Å². The molecule has 1 fully saturated rings. The molecule has 3 nitrogen and oxygen atoms in total. The van der Waals surface area contributed by atoms with Gasteiger partial charge in [0.25, 0.3) is 5.92 Å². The number of hydrogen-bond donors (Lipinski definition) is 0. The van der Waals surface area contributed by atoms with Gasteiger partial charge in [0.15, 0.2) is 0 Å². The first kappa shape index (κ1) is 10.8. The van der Waals surface area contributed by atoms with Crippen molar-refractivity contribution in [2.45, 2.75) is 12.3 Å². The minimum Gasteiger partial charge on any atom is -0.381 e. The van der Waals surface area contributed by atoms with Crippen molar-refractivity contribution >= 4 is 10.2 Å². The largest absolute Gasteiger partial charge is 0.381 e. The Morgan fingerprint density at radius 2 is 2.08 bits per heavy atom. The lowest BCUT2D eigenvalue weighted by Crippen LogP contribution is -2.41. The van der Waals surface area contributed by atoms with Crippen LogP contribution in [0.5, 0.6) is 0 Å². The normalized spacial score (nSPS) is 28.7. The highest BCUT2D eigenvalue weighted by atomic mass is 32.3. The van der Waals surface area contributed by atoms with Gasteiger partial charge in [0.1, 0.15) is 0 Å². The molecule has 0 aliphatic carbocycles. The summed E-state index contributed by atoms with van der Waals surface area (Å²) in [5, 5.41) is 0. The highest BCUT2D eigenvalue weighted by Crippen LogP contribution is 2.33. The number of rotatable bonds is 2. The van der Waals surface area contributed by atoms with Crippen LogP contribution < -0.4 is 0 Å². The zero-order valence-corrected chi connectivity index (χ0v) is 7.49. The van der Waals surface area contributed by atoms with Gasteiger partial charge in [-0.15, -0.1) is 3.89 Å². The fourth-order valence-corrected chi connectivity index (χ4v) is 1.99. The van der Waals surface area contributed by atoms with Crippen molar-refractivity contribution in [3.05, 3.63) is 0 Å². The molecule has 0 aromatic heterocycles. The lowest BCUT2D eigenvalue weighted by molar-refractivity contribution is -0.133. The van der Waals surface area contributed by atoms with Crippen molar-refractivity contribution < 1.29 is 25.8 Å². The molecule has 1 heterocycles. The summed E-state index contributed by atoms with van der Waals surface area (Å²) in [6.07, 6.45) is -0.548. The van der Waals surface area contributed by atoms with Gasteiger partial charge in [-0.1, -0.05) is 0 Å². The molecule has 0 saturated carbocycles. The molecule has 1 aliphatic heterocycles. The van der Waals surface area contributed by atoms with E-state index < -0.39 is 40.8 Å². The zero-order chi connectivity index (χ0) is 10.1. The zero-order valence-electron chi connectivity index (χ0n) is 6.67. The molecule has 0 radical (unpaired) electrons. The molecule has 0 N–H and O–H groups in total. The molecule has 0 spiro atoms. The Balaban J connectivity index is 2.67. The fourth-order valence-electron chi connectivity index (χ4n) is 1.17. The van der Waals surface area contributed by atoms with Crippen LogP contribution in [0.15, 0.2) is 0 Å². The van der Waals surface area contributed by atoms with Gasteiger partial charge in [0.2, 0.25) is 0 Å². The Morgan fingerprint density at radius 1 is 1.46 bits per heavy atom. The average Bonchev–Trinajstić information content (AvgIpc) is 1.91. The van der Waals surface area contributed by atoms with Crippen molar-refractivity contribution in [3.8, 4) is 0 Å². The number of ether oxygens (including phenoxy) is 1. The molecular weight excluding hydrogens is 209 g/mol. The van der Waals surface area contributed by atoms with Crippen LogP contribution in [0, 0.1) is 5.92 Å². The molecule has 78 valence electrons. The lowest BCUT2D eigenvalue weighted by atomic mass is 10.00. The van der Waals surface area contributed by atoms with Gasteiger partial charge in [0, 0.05) is 6.42 Å². The van der Waals surface area contributed by atoms with Crippen molar-refractivity contribution in [1.82, 2.24) is 0 Å². The molecule has 0 bridgehead atoms. The van der Waals surface area contributed by atoms with Gasteiger partial charge in [-0.25, -0.2) is 8.78 Å². The Kier molecular flexibility index (Phi) is 2.86. The molecule has 1 unspecified atom stereocenters. The third-order valence-electron chi connectivity index (χ3n) is 1.90. The lowest BCUT2D eigenvalue weighted by Gasteiger charge is -2.29. The van der Waals surface area contributed by atoms with E-state index in [1.807, 2.05) is 0 Å². The number of halogens is 3. The van der Waals surface area contributed by atoms with E-state index in [1.165, 1.54) is 0 Å². The second-order valence-corrected chi connectivity index (χ2v) is 4.40. The smallest absolute Gasteiger partial charge is 0.303 e. The Labute approximate surface area is 74.1 Å². The minimum absolute atomic E-state index is 0.115. The summed E-state index contributed by atoms with van der Waals surface area (Å²) in [5.74, 6) is -5.87. The van der Waals surface area contributed by atoms with Crippen molar-refractivity contribution in [1.29, 1.82) is 0 Å². The van der Waals surface area contributed by atoms with Gasteiger partial charge >= 0.3 is 10.2 Å². The van der Waals surface area contributed by atoms with Crippen LogP contribution in [0.1, 0.15) is 6.42 Å². The second-order valence-electron chi connectivity index (χ2n) is 2.99. The molecule has 1 rings (SSSR count). The first-order valence-electron chi connectivity index (χ1n) is 3.69. The Hall–Kier alpha value is -0.300. The predicted octanol–water partition coefficient (Wildman–Crippen LogP) is 0.958. The highest BCUT2D eigenvalue weighted by Gasteiger charge is 2.44. The van der Waals surface area contributed by atoms with E-state index in [1.54, 1.807) is 0 Å². The van der Waals surface area contributed by atoms with E-state index in [0.29, 0.717) is 0 Å². The number of alkyl halides is 2. The third-order valence-corrected chi connectivity index (χ3v) is 2.70. The first-order valence-corrected chi connectivity index (χ1v) is 5.24. The summed E-state index contributed by atoms with van der Waals surface area (Å²) in [7, 11) is -4.85. The number of hydrogen-bond acceptors (Lipinski definition) is 3. The Bertz CT molecular complexity index is 275. The quantitative estimate of drug-likeness (QED) is 0.648. The monoisotopic (exact) mass is 218 g/mol. The van der Waals surface area contributed by atoms with Crippen molar-refractivity contribution in [2.75, 3.05) is 19.0 Å². The van der Waals surface area contributed by atoms with Crippen molar-refractivity contribution in [3.63, 3.8) is 0 Å². The van der Waals surface area contributed by atoms with E-state index in [-0.39, 0.29) is 6.61 Å². The SMILES string of the molecule is O=S(=O)(F)CC1COCCC1(F)F. The van der Waals surface area contributed by atoms with E-state index in [9.17, 15) is 21.1 Å². The molecule has 0 amide bonds. The summed E-state index contributed by atoms with van der Waals surface area (Å²) >= 11 is 0. The van der Waals surface area contributed by atoms with E-state index >= 15 is 0 Å². The van der Waals surface area contributed by atoms with Gasteiger partial charge in [-0.2, -0.15) is 8.42 Å². The molecule has 0 aromatic carbocycles. The minimum atomic E-state index is -4.85. The summed E-state index contributed by atoms with van der Waals surface area (Å²) in [4.78, 5) is 0. The van der Waals surface area contributed by atoms with Gasteiger partial charge < -0.3 is 4.74 Å². The summed E-state index contributed by atoms with van der Waals surface area (Å²) in [5.41, 5.74) is 0. The van der Waals surface area contributed by atoms with E-state index in [0.717, 1.165) is 0 Å². The average molecular weight is 218 g/mol. The topological polar surface area (TPSA) is 43.4 Å². The maximum Gasteiger partial charge on any atom is 0.303 e. The van der Waals surface area contributed by atoms with Crippen LogP contribution in [-0.2, 0) is 15.0 Å². The predicted molar refractivity (Wildman–Crippen MR) is 38.8 cm³/mol.